The van der Waals surface area contributed by atoms with Crippen LogP contribution in [-0.4, -0.2) is 110 Å². The van der Waals surface area contributed by atoms with E-state index in [0.29, 0.717) is 0 Å². The van der Waals surface area contributed by atoms with Gasteiger partial charge in [0.15, 0.2) is 5.71 Å². The molecule has 12 aliphatic heterocycles. The third-order valence-electron chi connectivity index (χ3n) is 29.7. The van der Waals surface area contributed by atoms with Crippen LogP contribution in [0, 0.1) is 0 Å². The van der Waals surface area contributed by atoms with E-state index < -0.39 is 29.7 Å². The summed E-state index contributed by atoms with van der Waals surface area (Å²) in [4.78, 5) is 66.2. The molecule has 21 aromatic rings. The van der Waals surface area contributed by atoms with E-state index in [1.165, 1.54) is 0 Å². The minimum Gasteiger partial charge on any atom is -0.478 e. The molecule has 12 aliphatic rings. The van der Waals surface area contributed by atoms with Crippen molar-refractivity contribution < 1.29 is 48.0 Å². The second kappa shape index (κ2) is 23.7. The van der Waals surface area contributed by atoms with E-state index in [0.717, 1.165) is 277 Å². The van der Waals surface area contributed by atoms with Crippen molar-refractivity contribution in [3.63, 3.8) is 0 Å². The fourth-order valence-corrected chi connectivity index (χ4v) is 24.3. The van der Waals surface area contributed by atoms with E-state index in [9.17, 15) is 29.7 Å². The SMILES string of the molecule is O=C(O)c1ccc(C2=C3c4cc5ccccc5cc4C4=[N+]3C35n6c(c7ccccc7c62)N=C2c6ccccc6C(=[N+]23)N=c2c3cc6ccccc6cc3c(n25)=C4c2ccc(C(=O)O)cc2)cc1.O=C(O)c1ccc(C2=c3c4cc5ccccc5cc4c4n3C35n6c(c7cc8ccccc8cc7c6N=C6c7cc8ccccc8cc7C2=[N+]63)N=C2c3cc6ccccc6cc3C(=[N+]25)N=4)cc1. The van der Waals surface area contributed by atoms with Crippen molar-refractivity contribution in [2.45, 2.75) is 11.8 Å². The molecule has 0 aliphatic carbocycles. The monoisotopic (exact) mass is 1710 g/mol. The van der Waals surface area contributed by atoms with E-state index in [1.807, 2.05) is 36.4 Å². The zero-order valence-corrected chi connectivity index (χ0v) is 69.7. The van der Waals surface area contributed by atoms with Crippen molar-refractivity contribution in [3.05, 3.63) is 445 Å². The maximum atomic E-state index is 12.4. The van der Waals surface area contributed by atoms with Crippen LogP contribution in [0.15, 0.2) is 365 Å². The molecule has 2 spiro atoms. The van der Waals surface area contributed by atoms with E-state index >= 15 is 0 Å². The predicted octanol–water partition coefficient (Wildman–Crippen LogP) is 18.5. The van der Waals surface area contributed by atoms with Gasteiger partial charge in [0.2, 0.25) is 34.0 Å². The van der Waals surface area contributed by atoms with Crippen molar-refractivity contribution in [1.29, 1.82) is 0 Å². The molecule has 19 nitrogen and oxygen atoms in total. The lowest BCUT2D eigenvalue weighted by atomic mass is 9.89. The van der Waals surface area contributed by atoms with Crippen LogP contribution in [0.5, 0.6) is 0 Å². The van der Waals surface area contributed by atoms with Gasteiger partial charge in [0.25, 0.3) is 29.2 Å². The number of aromatic carboxylic acids is 3. The number of carboxylic acids is 3. The molecule has 3 N–H and O–H groups in total. The number of hydrogen-bond donors (Lipinski definition) is 3. The topological polar surface area (TPSA) is 205 Å². The highest BCUT2D eigenvalue weighted by Crippen LogP contribution is 2.60. The maximum Gasteiger partial charge on any atom is 0.482 e. The van der Waals surface area contributed by atoms with Crippen LogP contribution in [0.3, 0.4) is 0 Å². The van der Waals surface area contributed by atoms with Gasteiger partial charge in [0.05, 0.1) is 94.1 Å². The Kier molecular flexibility index (Phi) is 12.4. The Hall–Kier alpha value is -18.4. The van der Waals surface area contributed by atoms with Gasteiger partial charge in [-0.2, -0.15) is 13.7 Å². The highest BCUT2D eigenvalue weighted by Gasteiger charge is 2.75. The zero-order chi connectivity index (χ0) is 87.1. The third kappa shape index (κ3) is 8.20. The number of fused-ring (bicyclic) bond motifs is 30. The van der Waals surface area contributed by atoms with Gasteiger partial charge < -0.3 is 15.3 Å². The van der Waals surface area contributed by atoms with Crippen LogP contribution < -0.4 is 21.7 Å². The molecule has 0 amide bonds. The lowest BCUT2D eigenvalue weighted by Gasteiger charge is -2.41. The van der Waals surface area contributed by atoms with Gasteiger partial charge in [-0.3, -0.25) is 0 Å². The van der Waals surface area contributed by atoms with Crippen molar-refractivity contribution in [1.82, 2.24) is 18.3 Å². The molecule has 612 valence electrons. The Labute approximate surface area is 749 Å². The van der Waals surface area contributed by atoms with Crippen LogP contribution in [0.1, 0.15) is 98.0 Å². The van der Waals surface area contributed by atoms with Crippen LogP contribution in [0.25, 0.3) is 130 Å². The Morgan fingerprint density at radius 1 is 0.248 bits per heavy atom. The molecule has 0 saturated heterocycles. The summed E-state index contributed by atoms with van der Waals surface area (Å²) in [5.41, 5.74) is 19.7. The highest BCUT2D eigenvalue weighted by atomic mass is 16.4. The van der Waals surface area contributed by atoms with E-state index in [2.05, 4.69) is 303 Å². The number of hydrogen-bond acceptors (Lipinski definition) is 8. The number of rotatable bonds is 6. The van der Waals surface area contributed by atoms with E-state index in [-0.39, 0.29) is 16.7 Å². The first kappa shape index (κ1) is 69.8. The smallest absolute Gasteiger partial charge is 0.478 e. The average molecular weight is 1710 g/mol. The van der Waals surface area contributed by atoms with Gasteiger partial charge in [-0.15, -0.1) is 18.3 Å². The summed E-state index contributed by atoms with van der Waals surface area (Å²) >= 11 is 0. The molecule has 133 heavy (non-hydrogen) atoms. The summed E-state index contributed by atoms with van der Waals surface area (Å²) in [7, 11) is 0. The first-order valence-corrected chi connectivity index (χ1v) is 44.4. The second-order valence-corrected chi connectivity index (χ2v) is 36.1. The summed E-state index contributed by atoms with van der Waals surface area (Å²) in [6.45, 7) is 0. The van der Waals surface area contributed by atoms with Gasteiger partial charge in [-0.05, 0) is 214 Å². The number of amidine groups is 5. The summed E-state index contributed by atoms with van der Waals surface area (Å²) in [6, 6.07) is 117. The normalized spacial score (nSPS) is 17.6. The van der Waals surface area contributed by atoms with Gasteiger partial charge >= 0.3 is 35.6 Å². The number of benzene rings is 17. The molecule has 2 atom stereocenters. The molecule has 0 saturated carbocycles. The Bertz CT molecular complexity index is 10100. The van der Waals surface area contributed by atoms with Crippen LogP contribution in [0.4, 0.5) is 17.5 Å². The number of aliphatic imine (C=N–C) groups is 3. The molecule has 16 heterocycles. The van der Waals surface area contributed by atoms with Crippen molar-refractivity contribution in [2.75, 3.05) is 0 Å². The average Bonchev–Trinajstić information content (AvgIpc) is 1.46. The minimum atomic E-state index is -1.24. The van der Waals surface area contributed by atoms with E-state index in [1.54, 1.807) is 36.4 Å². The Morgan fingerprint density at radius 3 is 1.02 bits per heavy atom. The molecule has 33 rings (SSSR count). The van der Waals surface area contributed by atoms with E-state index in [4.69, 9.17) is 25.0 Å². The lowest BCUT2D eigenvalue weighted by molar-refractivity contribution is -0.798. The van der Waals surface area contributed by atoms with Crippen LogP contribution in [-0.2, 0) is 11.8 Å². The fourth-order valence-electron chi connectivity index (χ4n) is 24.3. The lowest BCUT2D eigenvalue weighted by Crippen LogP contribution is -2.72. The van der Waals surface area contributed by atoms with Crippen LogP contribution >= 0.6 is 0 Å². The molecular formula is C114H59N13O6+4. The summed E-state index contributed by atoms with van der Waals surface area (Å²) < 4.78 is 19.4. The molecule has 4 aromatic heterocycles. The molecular weight excluding hydrogens is 1650 g/mol. The first-order chi connectivity index (χ1) is 65.4. The first-order valence-electron chi connectivity index (χ1n) is 44.4. The molecule has 0 bridgehead atoms. The number of carboxylic acid groups (broad SMARTS) is 3. The molecule has 0 radical (unpaired) electrons. The van der Waals surface area contributed by atoms with Crippen LogP contribution in [0.2, 0.25) is 0 Å². The molecule has 17 aromatic carbocycles. The van der Waals surface area contributed by atoms with Gasteiger partial charge in [0.1, 0.15) is 0 Å². The van der Waals surface area contributed by atoms with Gasteiger partial charge in [-0.1, -0.05) is 232 Å². The number of nitrogens with zero attached hydrogens (tertiary/aromatic N) is 13. The third-order valence-corrected chi connectivity index (χ3v) is 29.7. The summed E-state index contributed by atoms with van der Waals surface area (Å²) in [5.74, 6) is 1.15. The Morgan fingerprint density at radius 2 is 0.564 bits per heavy atom. The summed E-state index contributed by atoms with van der Waals surface area (Å²) in [6.07, 6.45) is 0. The minimum absolute atomic E-state index is 0.198. The predicted molar refractivity (Wildman–Crippen MR) is 514 cm³/mol. The van der Waals surface area contributed by atoms with Gasteiger partial charge in [-0.25, -0.2) is 19.0 Å². The quantitative estimate of drug-likeness (QED) is 0.138. The second-order valence-electron chi connectivity index (χ2n) is 36.1. The number of aromatic nitrogens is 4. The summed E-state index contributed by atoms with van der Waals surface area (Å²) in [5, 5.41) is 53.9. The van der Waals surface area contributed by atoms with Crippen molar-refractivity contribution in [2.24, 2.45) is 25.0 Å². The van der Waals surface area contributed by atoms with Crippen molar-refractivity contribution in [3.8, 4) is 0 Å². The maximum absolute atomic E-state index is 12.4. The fraction of sp³-hybridized carbons (Fsp3) is 0.0175. The zero-order valence-electron chi connectivity index (χ0n) is 69.7. The Balaban J connectivity index is 0.000000123. The molecule has 0 fully saturated rings. The molecule has 19 heteroatoms. The van der Waals surface area contributed by atoms with Gasteiger partial charge in [0, 0.05) is 43.3 Å². The number of carbonyl (C=O) groups is 3. The standard InChI is InChI=1S/C57H28N7O2.C57H28N6O4/c65-56(66)30-19-17-29(18-20-30)47-48-39-21-31-9-1-3-11-33(31)23-41(39)50-58-52-43-25-35-13-5-7-15-37(35)27-45(43)54-60-55-46-28-38-16-8-6-14-36(38)26-44(46)53-59-51-42-24-34-12-4-2-10-32(34)22-40(42)49(47)62(51)57(61(48)50,63(52)54)64(53)55;64-55(65)31-21-17-29(18-22-31)45-47-37-13-5-6-14-38(37)51-58-52-39-15-7-8-16-40(39)53-59-54-44-28-36-12-4-3-11-35(36)27-43(44)50-46(30-19-23-32(24-20-30)56(66)67)49-42-26-34-10-2-1-9-33(34)25-41(42)48(45)60(49)57(61(47)51,62(50)54)63(52)53/h1-28H;1-28H/q+1;/p+3. The highest BCUT2D eigenvalue weighted by molar-refractivity contribution is 6.39. The largest absolute Gasteiger partial charge is 0.482 e. The molecule has 2 unspecified atom stereocenters. The van der Waals surface area contributed by atoms with Crippen molar-refractivity contribution >= 4 is 206 Å².